The second-order valence-electron chi connectivity index (χ2n) is 2.30. The van der Waals surface area contributed by atoms with Gasteiger partial charge in [0.1, 0.15) is 0 Å². The van der Waals surface area contributed by atoms with Gasteiger partial charge < -0.3 is 0 Å². The lowest BCUT2D eigenvalue weighted by molar-refractivity contribution is 0.552. The van der Waals surface area contributed by atoms with E-state index in [1.807, 2.05) is 6.92 Å². The van der Waals surface area contributed by atoms with Crippen LogP contribution in [0.1, 0.15) is 19.8 Å². The summed E-state index contributed by atoms with van der Waals surface area (Å²) in [6.45, 7) is 1.96. The van der Waals surface area contributed by atoms with E-state index in [9.17, 15) is 4.79 Å². The molecule has 1 aliphatic carbocycles. The van der Waals surface area contributed by atoms with Crippen LogP contribution >= 0.6 is 0 Å². The molecule has 1 rings (SSSR count). The van der Waals surface area contributed by atoms with Crippen molar-refractivity contribution in [3.8, 4) is 0 Å². The Labute approximate surface area is 48.6 Å². The van der Waals surface area contributed by atoms with Gasteiger partial charge in [0, 0.05) is 0 Å². The van der Waals surface area contributed by atoms with E-state index in [4.69, 9.17) is 0 Å². The predicted molar refractivity (Wildman–Crippen MR) is 30.3 cm³/mol. The summed E-state index contributed by atoms with van der Waals surface area (Å²) in [6, 6.07) is 0.229. The molecule has 0 aromatic carbocycles. The summed E-state index contributed by atoms with van der Waals surface area (Å²) in [5.74, 6) is 0.691. The highest BCUT2D eigenvalue weighted by Gasteiger charge is 2.27. The van der Waals surface area contributed by atoms with Crippen LogP contribution in [0, 0.1) is 5.92 Å². The molecule has 1 atom stereocenters. The van der Waals surface area contributed by atoms with Gasteiger partial charge in [-0.2, -0.15) is 0 Å². The lowest BCUT2D eigenvalue weighted by Gasteiger charge is -1.95. The molecule has 0 N–H and O–H groups in total. The normalized spacial score (nSPS) is 21.6. The average Bonchev–Trinajstić information content (AvgIpc) is 2.45. The number of carbonyl (C=O) groups excluding carboxylic acids is 1. The van der Waals surface area contributed by atoms with Crippen molar-refractivity contribution in [3.05, 3.63) is 0 Å². The molecule has 1 saturated carbocycles. The molecule has 0 heterocycles. The van der Waals surface area contributed by atoms with Crippen LogP contribution in [0.4, 0.5) is 0 Å². The van der Waals surface area contributed by atoms with Crippen LogP contribution in [0.25, 0.3) is 0 Å². The molecule has 0 aromatic heterocycles. The van der Waals surface area contributed by atoms with E-state index < -0.39 is 0 Å². The Kier molecular flexibility index (Phi) is 1.45. The number of hydrogen-bond donors (Lipinski definition) is 0. The minimum Gasteiger partial charge on any atom is -0.211 e. The molecular weight excluding hydrogens is 102 g/mol. The van der Waals surface area contributed by atoms with Gasteiger partial charge in [0.2, 0.25) is 6.08 Å². The maximum atomic E-state index is 9.66. The molecule has 1 aliphatic rings. The van der Waals surface area contributed by atoms with E-state index >= 15 is 0 Å². The van der Waals surface area contributed by atoms with E-state index in [0.29, 0.717) is 5.92 Å². The summed E-state index contributed by atoms with van der Waals surface area (Å²) in [4.78, 5) is 13.2. The average molecular weight is 111 g/mol. The molecule has 0 aromatic rings. The maximum Gasteiger partial charge on any atom is 0.235 e. The van der Waals surface area contributed by atoms with Crippen molar-refractivity contribution in [1.82, 2.24) is 0 Å². The Morgan fingerprint density at radius 1 is 1.75 bits per heavy atom. The zero-order valence-corrected chi connectivity index (χ0v) is 4.92. The van der Waals surface area contributed by atoms with Crippen LogP contribution in [0.2, 0.25) is 0 Å². The Balaban J connectivity index is 2.32. The first-order chi connectivity index (χ1) is 3.84. The Morgan fingerprint density at radius 2 is 2.38 bits per heavy atom. The number of nitrogens with zero attached hydrogens (tertiary/aromatic N) is 1. The molecule has 0 saturated heterocycles. The molecule has 0 spiro atoms. The number of hydrogen-bond acceptors (Lipinski definition) is 2. The summed E-state index contributed by atoms with van der Waals surface area (Å²) in [6.07, 6.45) is 4.05. The summed E-state index contributed by atoms with van der Waals surface area (Å²) in [5.41, 5.74) is 0. The van der Waals surface area contributed by atoms with Crippen LogP contribution in [0.3, 0.4) is 0 Å². The molecule has 44 valence electrons. The molecule has 2 nitrogen and oxygen atoms in total. The Hall–Kier alpha value is -0.620. The van der Waals surface area contributed by atoms with Gasteiger partial charge in [-0.1, -0.05) is 0 Å². The second-order valence-corrected chi connectivity index (χ2v) is 2.30. The summed E-state index contributed by atoms with van der Waals surface area (Å²) < 4.78 is 0. The third-order valence-corrected chi connectivity index (χ3v) is 1.56. The molecule has 0 aliphatic heterocycles. The number of aliphatic imine (C=N–C) groups is 1. The lowest BCUT2D eigenvalue weighted by Crippen LogP contribution is -1.98. The van der Waals surface area contributed by atoms with E-state index in [1.54, 1.807) is 6.08 Å². The molecule has 0 unspecified atom stereocenters. The fourth-order valence-electron chi connectivity index (χ4n) is 0.767. The van der Waals surface area contributed by atoms with Gasteiger partial charge in [-0.25, -0.2) is 9.79 Å². The van der Waals surface area contributed by atoms with E-state index in [-0.39, 0.29) is 6.04 Å². The van der Waals surface area contributed by atoms with E-state index in [0.717, 1.165) is 0 Å². The standard InChI is InChI=1S/C6H9NO/c1-5(7-4-8)6-2-3-6/h5-6H,2-3H2,1H3/t5-/m1/s1. The van der Waals surface area contributed by atoms with Crippen LogP contribution < -0.4 is 0 Å². The summed E-state index contributed by atoms with van der Waals surface area (Å²) >= 11 is 0. The highest BCUT2D eigenvalue weighted by atomic mass is 16.1. The van der Waals surface area contributed by atoms with Crippen molar-refractivity contribution >= 4 is 6.08 Å². The molecule has 0 bridgehead atoms. The van der Waals surface area contributed by atoms with Crippen LogP contribution in [0.5, 0.6) is 0 Å². The lowest BCUT2D eigenvalue weighted by atomic mass is 10.2. The second kappa shape index (κ2) is 2.10. The topological polar surface area (TPSA) is 29.4 Å². The Bertz CT molecular complexity index is 122. The first-order valence-electron chi connectivity index (χ1n) is 2.91. The zero-order valence-electron chi connectivity index (χ0n) is 4.92. The van der Waals surface area contributed by atoms with E-state index in [1.165, 1.54) is 12.8 Å². The first kappa shape index (κ1) is 5.52. The highest BCUT2D eigenvalue weighted by molar-refractivity contribution is 5.33. The molecule has 0 amide bonds. The highest BCUT2D eigenvalue weighted by Crippen LogP contribution is 2.33. The third kappa shape index (κ3) is 1.17. The molecule has 1 fully saturated rings. The fraction of sp³-hybridized carbons (Fsp3) is 0.833. The summed E-state index contributed by atoms with van der Waals surface area (Å²) in [5, 5.41) is 0. The fourth-order valence-corrected chi connectivity index (χ4v) is 0.767. The minimum atomic E-state index is 0.229. The van der Waals surface area contributed by atoms with Gasteiger partial charge in [-0.3, -0.25) is 0 Å². The molecule has 8 heavy (non-hydrogen) atoms. The SMILES string of the molecule is C[C@@H](N=C=O)C1CC1. The van der Waals surface area contributed by atoms with E-state index in [2.05, 4.69) is 4.99 Å². The quantitative estimate of drug-likeness (QED) is 0.388. The zero-order chi connectivity index (χ0) is 5.98. The first-order valence-corrected chi connectivity index (χ1v) is 2.91. The van der Waals surface area contributed by atoms with Crippen molar-refractivity contribution < 1.29 is 4.79 Å². The smallest absolute Gasteiger partial charge is 0.211 e. The number of rotatable bonds is 2. The largest absolute Gasteiger partial charge is 0.235 e. The van der Waals surface area contributed by atoms with Crippen molar-refractivity contribution in [1.29, 1.82) is 0 Å². The third-order valence-electron chi connectivity index (χ3n) is 1.56. The van der Waals surface area contributed by atoms with Gasteiger partial charge in [-0.05, 0) is 25.7 Å². The van der Waals surface area contributed by atoms with Crippen molar-refractivity contribution in [2.75, 3.05) is 0 Å². The Morgan fingerprint density at radius 3 is 2.75 bits per heavy atom. The maximum absolute atomic E-state index is 9.66. The van der Waals surface area contributed by atoms with Crippen molar-refractivity contribution in [2.24, 2.45) is 10.9 Å². The number of isocyanates is 1. The van der Waals surface area contributed by atoms with Gasteiger partial charge >= 0.3 is 0 Å². The van der Waals surface area contributed by atoms with Crippen molar-refractivity contribution in [3.63, 3.8) is 0 Å². The summed E-state index contributed by atoms with van der Waals surface area (Å²) in [7, 11) is 0. The van der Waals surface area contributed by atoms with Crippen LogP contribution in [-0.2, 0) is 4.79 Å². The van der Waals surface area contributed by atoms with Crippen molar-refractivity contribution in [2.45, 2.75) is 25.8 Å². The van der Waals surface area contributed by atoms with Crippen LogP contribution in [-0.4, -0.2) is 12.1 Å². The van der Waals surface area contributed by atoms with Gasteiger partial charge in [0.05, 0.1) is 6.04 Å². The van der Waals surface area contributed by atoms with Gasteiger partial charge in [0.25, 0.3) is 0 Å². The van der Waals surface area contributed by atoms with Gasteiger partial charge in [-0.15, -0.1) is 0 Å². The minimum absolute atomic E-state index is 0.229. The van der Waals surface area contributed by atoms with Crippen LogP contribution in [0.15, 0.2) is 4.99 Å². The van der Waals surface area contributed by atoms with Gasteiger partial charge in [0.15, 0.2) is 0 Å². The predicted octanol–water partition coefficient (Wildman–Crippen LogP) is 1.12. The molecule has 2 heteroatoms. The molecular formula is C6H9NO. The molecule has 0 radical (unpaired) electrons. The monoisotopic (exact) mass is 111 g/mol.